The number of hydrogen-bond donors (Lipinski definition) is 6. The molecular formula is C56H83N11O12. The van der Waals surface area contributed by atoms with Crippen LogP contribution in [0.5, 0.6) is 5.75 Å². The minimum Gasteiger partial charge on any atom is -0.496 e. The highest BCUT2D eigenvalue weighted by Gasteiger charge is 2.31. The van der Waals surface area contributed by atoms with Crippen molar-refractivity contribution in [3.63, 3.8) is 0 Å². The lowest BCUT2D eigenvalue weighted by Gasteiger charge is -2.37. The van der Waals surface area contributed by atoms with Gasteiger partial charge in [-0.1, -0.05) is 63.6 Å². The highest BCUT2D eigenvalue weighted by molar-refractivity contribution is 5.93. The first-order valence-corrected chi connectivity index (χ1v) is 27.5. The van der Waals surface area contributed by atoms with Gasteiger partial charge < -0.3 is 66.1 Å². The number of carbonyl (C=O) groups excluding carboxylic acids is 6. The fraction of sp³-hybridized carbons (Fsp3) is 0.589. The van der Waals surface area contributed by atoms with Crippen LogP contribution in [-0.2, 0) is 69.0 Å². The van der Waals surface area contributed by atoms with Gasteiger partial charge in [-0.3, -0.25) is 23.9 Å². The maximum absolute atomic E-state index is 13.9. The molecule has 434 valence electrons. The average Bonchev–Trinajstić information content (AvgIpc) is 3.97. The van der Waals surface area contributed by atoms with Gasteiger partial charge in [0, 0.05) is 69.9 Å². The number of nitrogens with two attached hydrogens (primary N) is 2. The molecule has 0 aliphatic heterocycles. The Morgan fingerprint density at radius 2 is 1.49 bits per heavy atom. The number of fused-ring (bicyclic) bond motifs is 1. The van der Waals surface area contributed by atoms with Crippen molar-refractivity contribution in [2.75, 3.05) is 90.6 Å². The van der Waals surface area contributed by atoms with E-state index in [0.717, 1.165) is 60.9 Å². The Labute approximate surface area is 463 Å². The maximum Gasteiger partial charge on any atom is 0.410 e. The largest absolute Gasteiger partial charge is 0.496 e. The number of ketones is 2. The van der Waals surface area contributed by atoms with E-state index in [4.69, 9.17) is 39.9 Å². The Morgan fingerprint density at radius 1 is 0.823 bits per heavy atom. The first kappa shape index (κ1) is 62.9. The number of rotatable bonds is 39. The smallest absolute Gasteiger partial charge is 0.410 e. The number of urea groups is 1. The number of carbonyl (C=O) groups is 6. The minimum atomic E-state index is -0.894. The molecule has 1 aliphatic carbocycles. The van der Waals surface area contributed by atoms with Gasteiger partial charge in [-0.15, -0.1) is 0 Å². The topological polar surface area (TPSA) is 305 Å². The number of Topliss-reactive ketones (excluding diaryl/α,β-unsaturated/α-hetero) is 2. The zero-order valence-electron chi connectivity index (χ0n) is 46.7. The number of benzene rings is 2. The van der Waals surface area contributed by atoms with Gasteiger partial charge in [-0.05, 0) is 67.2 Å². The molecule has 1 saturated carbocycles. The van der Waals surface area contributed by atoms with Crippen molar-refractivity contribution in [1.29, 1.82) is 0 Å². The first-order chi connectivity index (χ1) is 38.1. The number of unbranched alkanes of at least 4 members (excludes halogenated alkanes) is 1. The quantitative estimate of drug-likeness (QED) is 0.0311. The van der Waals surface area contributed by atoms with Crippen LogP contribution in [0.4, 0.5) is 21.4 Å². The van der Waals surface area contributed by atoms with Crippen LogP contribution in [-0.4, -0.2) is 152 Å². The van der Waals surface area contributed by atoms with E-state index in [9.17, 15) is 28.8 Å². The van der Waals surface area contributed by atoms with E-state index in [1.807, 2.05) is 36.7 Å². The normalized spacial score (nSPS) is 13.1. The fourth-order valence-electron chi connectivity index (χ4n) is 8.70. The van der Waals surface area contributed by atoms with Crippen molar-refractivity contribution in [3.05, 3.63) is 70.9 Å². The van der Waals surface area contributed by atoms with Crippen LogP contribution < -0.4 is 37.5 Å². The minimum absolute atomic E-state index is 0.00177. The second kappa shape index (κ2) is 34.1. The van der Waals surface area contributed by atoms with Gasteiger partial charge in [-0.25, -0.2) is 14.6 Å². The summed E-state index contributed by atoms with van der Waals surface area (Å²) in [6.45, 7) is 12.1. The van der Waals surface area contributed by atoms with Gasteiger partial charge in [0.15, 0.2) is 11.6 Å². The van der Waals surface area contributed by atoms with Gasteiger partial charge in [-0.2, -0.15) is 10.1 Å². The monoisotopic (exact) mass is 1100 g/mol. The second-order valence-corrected chi connectivity index (χ2v) is 19.9. The van der Waals surface area contributed by atoms with Crippen LogP contribution in [0.3, 0.4) is 0 Å². The molecule has 2 aromatic carbocycles. The maximum atomic E-state index is 13.9. The van der Waals surface area contributed by atoms with E-state index in [1.54, 1.807) is 42.5 Å². The Hall–Kier alpha value is -6.95. The number of ether oxygens (including phenoxy) is 6. The fourth-order valence-corrected chi connectivity index (χ4v) is 8.70. The molecule has 2 atom stereocenters. The zero-order valence-corrected chi connectivity index (χ0v) is 46.7. The molecule has 79 heavy (non-hydrogen) atoms. The van der Waals surface area contributed by atoms with E-state index in [-0.39, 0.29) is 87.4 Å². The molecule has 0 unspecified atom stereocenters. The summed E-state index contributed by atoms with van der Waals surface area (Å²) in [6, 6.07) is 11.5. The lowest BCUT2D eigenvalue weighted by Crippen LogP contribution is -2.46. The van der Waals surface area contributed by atoms with Crippen molar-refractivity contribution in [2.24, 2.45) is 17.6 Å². The zero-order chi connectivity index (χ0) is 56.9. The molecule has 1 fully saturated rings. The SMILES string of the molecule is CCCCNc1nc(N)nc2cnn(Cc3ccc(CN(C(=O)OCc4ccc(CC(=O)[C@H](CCCNC(N)=O)NC(=O)[C@@H](CC(=O)CCOCCOCCOCCOCCNC(C)=O)C(C)C)cc4)C4CCC4)cc3OC)c12. The number of nitrogen functional groups attached to an aromatic ring is 1. The summed E-state index contributed by atoms with van der Waals surface area (Å²) in [6.07, 6.45) is 6.68. The third kappa shape index (κ3) is 22.0. The van der Waals surface area contributed by atoms with Gasteiger partial charge in [0.2, 0.25) is 17.8 Å². The summed E-state index contributed by atoms with van der Waals surface area (Å²) in [5.41, 5.74) is 15.8. The Bertz CT molecular complexity index is 2560. The van der Waals surface area contributed by atoms with Gasteiger partial charge in [0.1, 0.15) is 29.2 Å². The van der Waals surface area contributed by atoms with Crippen LogP contribution in [0.1, 0.15) is 108 Å². The molecule has 0 saturated heterocycles. The number of aromatic nitrogens is 4. The molecule has 2 heterocycles. The summed E-state index contributed by atoms with van der Waals surface area (Å²) < 4.78 is 35.5. The van der Waals surface area contributed by atoms with Gasteiger partial charge in [0.25, 0.3) is 0 Å². The molecule has 1 aliphatic rings. The van der Waals surface area contributed by atoms with Gasteiger partial charge >= 0.3 is 12.1 Å². The summed E-state index contributed by atoms with van der Waals surface area (Å²) in [5.74, 6) is -0.353. The van der Waals surface area contributed by atoms with Crippen molar-refractivity contribution in [1.82, 2.24) is 40.6 Å². The highest BCUT2D eigenvalue weighted by atomic mass is 16.6. The van der Waals surface area contributed by atoms with E-state index >= 15 is 0 Å². The van der Waals surface area contributed by atoms with Crippen LogP contribution >= 0.6 is 0 Å². The summed E-state index contributed by atoms with van der Waals surface area (Å²) >= 11 is 0. The molecule has 4 aromatic rings. The molecule has 8 N–H and O–H groups in total. The average molecular weight is 1100 g/mol. The Morgan fingerprint density at radius 3 is 2.13 bits per heavy atom. The van der Waals surface area contributed by atoms with E-state index < -0.39 is 30.0 Å². The number of amides is 5. The van der Waals surface area contributed by atoms with Crippen molar-refractivity contribution in [3.8, 4) is 5.75 Å². The molecule has 0 radical (unpaired) electrons. The highest BCUT2D eigenvalue weighted by Crippen LogP contribution is 2.30. The van der Waals surface area contributed by atoms with Crippen LogP contribution in [0.15, 0.2) is 48.7 Å². The number of anilines is 2. The predicted molar refractivity (Wildman–Crippen MR) is 297 cm³/mol. The molecule has 0 spiro atoms. The summed E-state index contributed by atoms with van der Waals surface area (Å²) in [7, 11) is 1.61. The first-order valence-electron chi connectivity index (χ1n) is 27.5. The van der Waals surface area contributed by atoms with Gasteiger partial charge in [0.05, 0.1) is 78.7 Å². The van der Waals surface area contributed by atoms with Crippen molar-refractivity contribution in [2.45, 2.75) is 124 Å². The van der Waals surface area contributed by atoms with Crippen LogP contribution in [0.2, 0.25) is 0 Å². The van der Waals surface area contributed by atoms with Crippen LogP contribution in [0, 0.1) is 11.8 Å². The number of methoxy groups -OCH3 is 1. The molecular weight excluding hydrogens is 1020 g/mol. The molecule has 23 nitrogen and oxygen atoms in total. The summed E-state index contributed by atoms with van der Waals surface area (Å²) in [4.78, 5) is 87.3. The van der Waals surface area contributed by atoms with Crippen molar-refractivity contribution >= 4 is 58.3 Å². The standard InChI is InChI=1S/C56H83N11O12/c1-6-7-20-60-52-51-48(64-54(57)65-52)34-62-67(51)36-43-18-17-42(32-50(43)74-5)35-66(44-10-8-11-44)56(73)79-37-41-15-13-40(14-16-41)31-49(70)47(12-9-21-61-55(58)72)63-53(71)46(38(2)3)33-45(69)19-23-75-25-27-77-29-30-78-28-26-76-24-22-59-39(4)68/h13-18,32,34,38,44,46-47H,6-12,19-31,33,35-37H2,1-5H3,(H,59,68)(H,63,71)(H3,58,61,72)(H3,57,60,64,65)/t46-,47-/m0/s1. The summed E-state index contributed by atoms with van der Waals surface area (Å²) in [5, 5.41) is 16.1. The number of hydrogen-bond acceptors (Lipinski definition) is 17. The number of nitrogens with one attached hydrogen (secondary N) is 4. The molecule has 5 rings (SSSR count). The van der Waals surface area contributed by atoms with E-state index in [0.29, 0.717) is 88.3 Å². The van der Waals surface area contributed by atoms with Crippen molar-refractivity contribution < 1.29 is 57.2 Å². The lowest BCUT2D eigenvalue weighted by molar-refractivity contribution is -0.134. The predicted octanol–water partition coefficient (Wildman–Crippen LogP) is 5.24. The molecule has 2 aromatic heterocycles. The van der Waals surface area contributed by atoms with E-state index in [1.165, 1.54) is 6.92 Å². The molecule has 0 bridgehead atoms. The van der Waals surface area contributed by atoms with E-state index in [2.05, 4.69) is 43.3 Å². The second-order valence-electron chi connectivity index (χ2n) is 19.9. The molecule has 5 amide bonds. The third-order valence-corrected chi connectivity index (χ3v) is 13.4. The Balaban J connectivity index is 1.09. The number of primary amides is 1. The van der Waals surface area contributed by atoms with Crippen LogP contribution in [0.25, 0.3) is 11.0 Å². The Kier molecular flexibility index (Phi) is 27.2. The third-order valence-electron chi connectivity index (χ3n) is 13.4. The number of nitrogens with zero attached hydrogens (tertiary/aromatic N) is 5. The molecule has 23 heteroatoms. The lowest BCUT2D eigenvalue weighted by atomic mass is 9.88.